The molecule has 3 rings (SSSR count). The first-order valence-corrected chi connectivity index (χ1v) is 7.46. The van der Waals surface area contributed by atoms with Gasteiger partial charge in [0.15, 0.2) is 0 Å². The van der Waals surface area contributed by atoms with Gasteiger partial charge in [0.2, 0.25) is 0 Å². The largest absolute Gasteiger partial charge is 0.0832 e. The van der Waals surface area contributed by atoms with Crippen LogP contribution in [0.15, 0.2) is 91.0 Å². The van der Waals surface area contributed by atoms with Crippen molar-refractivity contribution in [1.29, 1.82) is 0 Å². The lowest BCUT2D eigenvalue weighted by molar-refractivity contribution is 1.10. The summed E-state index contributed by atoms with van der Waals surface area (Å²) in [4.78, 5) is 0.966. The highest BCUT2D eigenvalue weighted by Gasteiger charge is 2.19. The van der Waals surface area contributed by atoms with Gasteiger partial charge in [0.1, 0.15) is 0 Å². The van der Waals surface area contributed by atoms with E-state index in [4.69, 9.17) is 12.2 Å². The van der Waals surface area contributed by atoms with Crippen molar-refractivity contribution < 1.29 is 0 Å². The van der Waals surface area contributed by atoms with E-state index in [0.29, 0.717) is 0 Å². The topological polar surface area (TPSA) is 0 Å². The molecule has 3 aromatic carbocycles. The second-order valence-corrected chi connectivity index (χ2v) is 5.42. The number of thiocarbonyl (C=S) groups is 1. The van der Waals surface area contributed by atoms with Crippen molar-refractivity contribution in [1.82, 2.24) is 0 Å². The summed E-state index contributed by atoms with van der Waals surface area (Å²) >= 11 is 5.81. The smallest absolute Gasteiger partial charge is 0.0448 e. The second kappa shape index (κ2) is 6.47. The lowest BCUT2D eigenvalue weighted by Crippen LogP contribution is -2.13. The molecule has 0 heterocycles. The normalized spacial score (nSPS) is 10.5. The first-order valence-electron chi connectivity index (χ1n) is 7.05. The summed E-state index contributed by atoms with van der Waals surface area (Å²) in [5, 5.41) is 0. The van der Waals surface area contributed by atoms with E-state index < -0.39 is 0 Å². The molecule has 0 radical (unpaired) electrons. The molecule has 0 aliphatic rings. The van der Waals surface area contributed by atoms with Gasteiger partial charge in [0.25, 0.3) is 0 Å². The predicted octanol–water partition coefficient (Wildman–Crippen LogP) is 5.24. The van der Waals surface area contributed by atoms with Crippen molar-refractivity contribution in [3.05, 3.63) is 108 Å². The number of hydrogen-bond acceptors (Lipinski definition) is 1. The molecule has 0 bridgehead atoms. The Balaban J connectivity index is 2.07. The van der Waals surface area contributed by atoms with Crippen LogP contribution in [0.5, 0.6) is 0 Å². The molecule has 0 aliphatic heterocycles. The average molecular weight is 288 g/mol. The van der Waals surface area contributed by atoms with Gasteiger partial charge in [0.05, 0.1) is 0 Å². The highest BCUT2D eigenvalue weighted by atomic mass is 32.1. The Kier molecular flexibility index (Phi) is 4.23. The van der Waals surface area contributed by atoms with Gasteiger partial charge in [-0.2, -0.15) is 0 Å². The van der Waals surface area contributed by atoms with Crippen LogP contribution in [0, 0.1) is 0 Å². The lowest BCUT2D eigenvalue weighted by atomic mass is 9.86. The molecule has 0 fully saturated rings. The minimum Gasteiger partial charge on any atom is -0.0832 e. The SMILES string of the molecule is S=C(c1ccccc1)C(c1ccccc1)c1ccccc1. The van der Waals surface area contributed by atoms with Crippen LogP contribution in [0.4, 0.5) is 0 Å². The fourth-order valence-corrected chi connectivity index (χ4v) is 2.96. The van der Waals surface area contributed by atoms with Crippen LogP contribution in [0.25, 0.3) is 0 Å². The average Bonchev–Trinajstić information content (AvgIpc) is 2.58. The van der Waals surface area contributed by atoms with E-state index in [9.17, 15) is 0 Å². The van der Waals surface area contributed by atoms with Gasteiger partial charge in [-0.05, 0) is 16.7 Å². The van der Waals surface area contributed by atoms with Crippen LogP contribution in [0.2, 0.25) is 0 Å². The van der Waals surface area contributed by atoms with E-state index in [2.05, 4.69) is 60.7 Å². The zero-order chi connectivity index (χ0) is 14.5. The summed E-state index contributed by atoms with van der Waals surface area (Å²) in [6.45, 7) is 0. The van der Waals surface area contributed by atoms with Gasteiger partial charge in [-0.25, -0.2) is 0 Å². The van der Waals surface area contributed by atoms with Gasteiger partial charge in [-0.1, -0.05) is 103 Å². The van der Waals surface area contributed by atoms with Crippen molar-refractivity contribution in [2.45, 2.75) is 5.92 Å². The van der Waals surface area contributed by atoms with Crippen LogP contribution < -0.4 is 0 Å². The number of rotatable bonds is 4. The molecule has 0 aromatic heterocycles. The highest BCUT2D eigenvalue weighted by Crippen LogP contribution is 2.29. The van der Waals surface area contributed by atoms with E-state index in [-0.39, 0.29) is 5.92 Å². The fraction of sp³-hybridized carbons (Fsp3) is 0.0500. The van der Waals surface area contributed by atoms with Crippen LogP contribution in [0.3, 0.4) is 0 Å². The third kappa shape index (κ3) is 3.09. The standard InChI is InChI=1S/C20H16S/c21-20(18-14-8-3-9-15-18)19(16-10-4-1-5-11-16)17-12-6-2-7-13-17/h1-15,19H. The minimum absolute atomic E-state index is 0.116. The number of benzene rings is 3. The number of hydrogen-bond donors (Lipinski definition) is 0. The molecule has 0 spiro atoms. The van der Waals surface area contributed by atoms with Gasteiger partial charge < -0.3 is 0 Å². The quantitative estimate of drug-likeness (QED) is 0.467. The van der Waals surface area contributed by atoms with Crippen LogP contribution >= 0.6 is 12.2 Å². The molecule has 0 N–H and O–H groups in total. The summed E-state index contributed by atoms with van der Waals surface area (Å²) in [5.74, 6) is 0.116. The Bertz CT molecular complexity index is 663. The maximum absolute atomic E-state index is 5.81. The molecule has 0 saturated carbocycles. The Labute approximate surface area is 131 Å². The zero-order valence-corrected chi connectivity index (χ0v) is 12.5. The second-order valence-electron chi connectivity index (χ2n) is 4.98. The van der Waals surface area contributed by atoms with Crippen molar-refractivity contribution in [2.24, 2.45) is 0 Å². The van der Waals surface area contributed by atoms with Crippen molar-refractivity contribution in [3.8, 4) is 0 Å². The van der Waals surface area contributed by atoms with Gasteiger partial charge in [-0.3, -0.25) is 0 Å². The van der Waals surface area contributed by atoms with Gasteiger partial charge in [0, 0.05) is 10.8 Å². The van der Waals surface area contributed by atoms with Crippen molar-refractivity contribution in [3.63, 3.8) is 0 Å². The summed E-state index contributed by atoms with van der Waals surface area (Å²) in [5.41, 5.74) is 3.58. The van der Waals surface area contributed by atoms with E-state index in [1.807, 2.05) is 30.3 Å². The highest BCUT2D eigenvalue weighted by molar-refractivity contribution is 7.81. The van der Waals surface area contributed by atoms with E-state index in [1.165, 1.54) is 11.1 Å². The summed E-state index contributed by atoms with van der Waals surface area (Å²) in [6.07, 6.45) is 0. The van der Waals surface area contributed by atoms with Crippen LogP contribution in [-0.2, 0) is 0 Å². The summed E-state index contributed by atoms with van der Waals surface area (Å²) in [7, 11) is 0. The zero-order valence-electron chi connectivity index (χ0n) is 11.6. The third-order valence-electron chi connectivity index (χ3n) is 3.59. The fourth-order valence-electron chi connectivity index (χ4n) is 2.56. The molecular formula is C20H16S. The first kappa shape index (κ1) is 13.7. The molecular weight excluding hydrogens is 272 g/mol. The first-order chi connectivity index (χ1) is 10.4. The van der Waals surface area contributed by atoms with Crippen molar-refractivity contribution in [2.75, 3.05) is 0 Å². The Morgan fingerprint density at radius 3 is 1.38 bits per heavy atom. The monoisotopic (exact) mass is 288 g/mol. The van der Waals surface area contributed by atoms with Gasteiger partial charge >= 0.3 is 0 Å². The Morgan fingerprint density at radius 1 is 0.571 bits per heavy atom. The molecule has 0 saturated heterocycles. The maximum atomic E-state index is 5.81. The molecule has 0 aliphatic carbocycles. The molecule has 0 atom stereocenters. The van der Waals surface area contributed by atoms with Crippen LogP contribution in [-0.4, -0.2) is 4.86 Å². The maximum Gasteiger partial charge on any atom is 0.0448 e. The van der Waals surface area contributed by atoms with E-state index >= 15 is 0 Å². The molecule has 0 unspecified atom stereocenters. The van der Waals surface area contributed by atoms with Crippen LogP contribution in [0.1, 0.15) is 22.6 Å². The molecule has 0 amide bonds. The molecule has 1 heteroatoms. The molecule has 21 heavy (non-hydrogen) atoms. The Morgan fingerprint density at radius 2 is 0.952 bits per heavy atom. The van der Waals surface area contributed by atoms with Gasteiger partial charge in [-0.15, -0.1) is 0 Å². The molecule has 3 aromatic rings. The summed E-state index contributed by atoms with van der Waals surface area (Å²) in [6, 6.07) is 31.2. The molecule has 102 valence electrons. The van der Waals surface area contributed by atoms with E-state index in [0.717, 1.165) is 10.4 Å². The lowest BCUT2D eigenvalue weighted by Gasteiger charge is -2.19. The summed E-state index contributed by atoms with van der Waals surface area (Å²) < 4.78 is 0. The predicted molar refractivity (Wildman–Crippen MR) is 92.9 cm³/mol. The third-order valence-corrected chi connectivity index (χ3v) is 4.06. The molecule has 0 nitrogen and oxygen atoms in total. The minimum atomic E-state index is 0.116. The Hall–Kier alpha value is -2.25. The van der Waals surface area contributed by atoms with E-state index in [1.54, 1.807) is 0 Å². The van der Waals surface area contributed by atoms with Crippen molar-refractivity contribution >= 4 is 17.1 Å².